The molecular weight excluding hydrogens is 254 g/mol. The van der Waals surface area contributed by atoms with E-state index in [0.717, 1.165) is 38.9 Å². The summed E-state index contributed by atoms with van der Waals surface area (Å²) in [4.78, 5) is 16.1. The first-order chi connectivity index (χ1) is 9.34. The van der Waals surface area contributed by atoms with Crippen LogP contribution in [0, 0.1) is 11.8 Å². The second kappa shape index (κ2) is 6.00. The smallest absolute Gasteiger partial charge is 0.323 e. The maximum atomic E-state index is 11.4. The largest absolute Gasteiger partial charge is 0.480 e. The van der Waals surface area contributed by atoms with E-state index in [1.165, 1.54) is 0 Å². The first-order valence-corrected chi connectivity index (χ1v) is 7.75. The molecule has 2 fully saturated rings. The molecule has 4 atom stereocenters. The highest BCUT2D eigenvalue weighted by Gasteiger charge is 2.45. The molecule has 20 heavy (non-hydrogen) atoms. The summed E-state index contributed by atoms with van der Waals surface area (Å²) in [6, 6.07) is 0.612. The minimum absolute atomic E-state index is 0.133. The van der Waals surface area contributed by atoms with E-state index in [1.807, 2.05) is 0 Å². The van der Waals surface area contributed by atoms with Gasteiger partial charge in [-0.15, -0.1) is 0 Å². The lowest BCUT2D eigenvalue weighted by atomic mass is 9.85. The van der Waals surface area contributed by atoms with Gasteiger partial charge in [0.05, 0.1) is 0 Å². The monoisotopic (exact) mass is 283 g/mol. The van der Waals surface area contributed by atoms with Crippen molar-refractivity contribution in [2.24, 2.45) is 17.6 Å². The second-order valence-electron chi connectivity index (χ2n) is 6.99. The summed E-state index contributed by atoms with van der Waals surface area (Å²) in [5, 5.41) is 9.35. The third-order valence-electron chi connectivity index (χ3n) is 5.38. The van der Waals surface area contributed by atoms with Crippen LogP contribution in [0.2, 0.25) is 0 Å². The van der Waals surface area contributed by atoms with Gasteiger partial charge >= 0.3 is 5.97 Å². The first-order valence-electron chi connectivity index (χ1n) is 7.75. The fraction of sp³-hybridized carbons (Fsp3) is 0.933. The molecule has 1 saturated heterocycles. The van der Waals surface area contributed by atoms with E-state index in [9.17, 15) is 9.90 Å². The molecule has 0 radical (unpaired) electrons. The number of hydrogen-bond donors (Lipinski definition) is 2. The highest BCUT2D eigenvalue weighted by atomic mass is 16.4. The number of carbonyl (C=O) groups is 1. The summed E-state index contributed by atoms with van der Waals surface area (Å²) in [7, 11) is 4.27. The Kier molecular flexibility index (Phi) is 4.72. The van der Waals surface area contributed by atoms with Gasteiger partial charge in [-0.25, -0.2) is 0 Å². The van der Waals surface area contributed by atoms with Crippen molar-refractivity contribution in [1.82, 2.24) is 9.80 Å². The molecule has 5 heteroatoms. The molecule has 116 valence electrons. The van der Waals surface area contributed by atoms with Gasteiger partial charge in [-0.2, -0.15) is 0 Å². The van der Waals surface area contributed by atoms with Crippen LogP contribution in [-0.4, -0.2) is 66.2 Å². The summed E-state index contributed by atoms with van der Waals surface area (Å²) in [6.45, 7) is 5.47. The number of hydrogen-bond acceptors (Lipinski definition) is 4. The minimum atomic E-state index is -0.980. The maximum absolute atomic E-state index is 11.4. The fourth-order valence-corrected chi connectivity index (χ4v) is 4.03. The van der Waals surface area contributed by atoms with Crippen molar-refractivity contribution in [3.05, 3.63) is 0 Å². The van der Waals surface area contributed by atoms with Gasteiger partial charge in [0.15, 0.2) is 0 Å². The summed E-state index contributed by atoms with van der Waals surface area (Å²) >= 11 is 0. The third-order valence-corrected chi connectivity index (χ3v) is 5.38. The van der Waals surface area contributed by atoms with Gasteiger partial charge in [0.1, 0.15) is 5.54 Å². The molecule has 0 bridgehead atoms. The van der Waals surface area contributed by atoms with Crippen LogP contribution in [0.15, 0.2) is 0 Å². The van der Waals surface area contributed by atoms with E-state index in [0.29, 0.717) is 18.4 Å². The van der Waals surface area contributed by atoms with Crippen molar-refractivity contribution < 1.29 is 9.90 Å². The molecule has 1 saturated carbocycles. The van der Waals surface area contributed by atoms with Crippen LogP contribution in [0.1, 0.15) is 32.6 Å². The molecule has 4 unspecified atom stereocenters. The Labute approximate surface area is 122 Å². The summed E-state index contributed by atoms with van der Waals surface area (Å²) in [5.74, 6) is -0.00893. The summed E-state index contributed by atoms with van der Waals surface area (Å²) in [5.41, 5.74) is 5.13. The topological polar surface area (TPSA) is 69.8 Å². The van der Waals surface area contributed by atoms with Crippen molar-refractivity contribution in [1.29, 1.82) is 0 Å². The lowest BCUT2D eigenvalue weighted by molar-refractivity contribution is -0.144. The number of carboxylic acids is 1. The quantitative estimate of drug-likeness (QED) is 0.782. The average molecular weight is 283 g/mol. The number of likely N-dealkylation sites (N-methyl/N-ethyl adjacent to an activating group) is 1. The molecular formula is C15H29N3O2. The Morgan fingerprint density at radius 3 is 2.70 bits per heavy atom. The van der Waals surface area contributed by atoms with Crippen molar-refractivity contribution >= 4 is 5.97 Å². The fourth-order valence-electron chi connectivity index (χ4n) is 4.03. The van der Waals surface area contributed by atoms with E-state index in [-0.39, 0.29) is 5.92 Å². The highest BCUT2D eigenvalue weighted by Crippen LogP contribution is 2.36. The van der Waals surface area contributed by atoms with Crippen molar-refractivity contribution in [3.8, 4) is 0 Å². The number of carboxylic acid groups (broad SMARTS) is 1. The Morgan fingerprint density at radius 2 is 2.15 bits per heavy atom. The Balaban J connectivity index is 1.86. The molecule has 1 aliphatic carbocycles. The standard InChI is InChI=1S/C15H29N3O2/c1-11-9-18(10-13(11)17(2)3)8-6-12-5-4-7-15(12,16)14(19)20/h11-13H,4-10,16H2,1-3H3,(H,19,20). The predicted molar refractivity (Wildman–Crippen MR) is 79.6 cm³/mol. The van der Waals surface area contributed by atoms with Crippen LogP contribution in [0.3, 0.4) is 0 Å². The van der Waals surface area contributed by atoms with Gasteiger partial charge in [0, 0.05) is 19.1 Å². The van der Waals surface area contributed by atoms with E-state index in [2.05, 4.69) is 30.8 Å². The molecule has 1 heterocycles. The molecule has 0 aromatic rings. The molecule has 0 spiro atoms. The van der Waals surface area contributed by atoms with Gasteiger partial charge in [-0.05, 0) is 51.7 Å². The molecule has 1 aliphatic heterocycles. The maximum Gasteiger partial charge on any atom is 0.323 e. The summed E-state index contributed by atoms with van der Waals surface area (Å²) in [6.07, 6.45) is 3.45. The van der Waals surface area contributed by atoms with Crippen molar-refractivity contribution in [3.63, 3.8) is 0 Å². The normalized spacial score (nSPS) is 38.8. The van der Waals surface area contributed by atoms with Crippen LogP contribution in [-0.2, 0) is 4.79 Å². The van der Waals surface area contributed by atoms with Crippen LogP contribution >= 0.6 is 0 Å². The van der Waals surface area contributed by atoms with E-state index < -0.39 is 11.5 Å². The van der Waals surface area contributed by atoms with Gasteiger partial charge in [0.2, 0.25) is 0 Å². The molecule has 2 rings (SSSR count). The van der Waals surface area contributed by atoms with Gasteiger partial charge < -0.3 is 20.6 Å². The molecule has 3 N–H and O–H groups in total. The molecule has 0 amide bonds. The molecule has 0 aromatic carbocycles. The molecule has 0 aromatic heterocycles. The Morgan fingerprint density at radius 1 is 1.45 bits per heavy atom. The van der Waals surface area contributed by atoms with Crippen molar-refractivity contribution in [2.75, 3.05) is 33.7 Å². The van der Waals surface area contributed by atoms with E-state index >= 15 is 0 Å². The Hall–Kier alpha value is -0.650. The zero-order chi connectivity index (χ0) is 14.9. The highest BCUT2D eigenvalue weighted by molar-refractivity contribution is 5.79. The summed E-state index contributed by atoms with van der Waals surface area (Å²) < 4.78 is 0. The zero-order valence-electron chi connectivity index (χ0n) is 13.0. The number of rotatable bonds is 5. The number of nitrogens with two attached hydrogens (primary N) is 1. The molecule has 2 aliphatic rings. The SMILES string of the molecule is CC1CN(CCC2CCCC2(N)C(=O)O)CC1N(C)C. The average Bonchev–Trinajstić information content (AvgIpc) is 2.91. The van der Waals surface area contributed by atoms with Crippen LogP contribution in [0.25, 0.3) is 0 Å². The third kappa shape index (κ3) is 3.00. The number of aliphatic carboxylic acids is 1. The van der Waals surface area contributed by atoms with Gasteiger partial charge in [-0.1, -0.05) is 13.3 Å². The Bertz CT molecular complexity index is 361. The van der Waals surface area contributed by atoms with E-state index in [4.69, 9.17) is 5.73 Å². The second-order valence-corrected chi connectivity index (χ2v) is 6.99. The predicted octanol–water partition coefficient (Wildman–Crippen LogP) is 0.841. The van der Waals surface area contributed by atoms with Gasteiger partial charge in [0.25, 0.3) is 0 Å². The molecule has 5 nitrogen and oxygen atoms in total. The minimum Gasteiger partial charge on any atom is -0.480 e. The lowest BCUT2D eigenvalue weighted by Gasteiger charge is -2.28. The van der Waals surface area contributed by atoms with Crippen molar-refractivity contribution in [2.45, 2.75) is 44.2 Å². The van der Waals surface area contributed by atoms with Crippen LogP contribution < -0.4 is 5.73 Å². The van der Waals surface area contributed by atoms with E-state index in [1.54, 1.807) is 0 Å². The number of likely N-dealkylation sites (tertiary alicyclic amines) is 1. The van der Waals surface area contributed by atoms with Gasteiger partial charge in [-0.3, -0.25) is 4.79 Å². The lowest BCUT2D eigenvalue weighted by Crippen LogP contribution is -2.51. The number of nitrogens with zero attached hydrogens (tertiary/aromatic N) is 2. The zero-order valence-corrected chi connectivity index (χ0v) is 13.0. The van der Waals surface area contributed by atoms with Crippen LogP contribution in [0.4, 0.5) is 0 Å². The van der Waals surface area contributed by atoms with Crippen LogP contribution in [0.5, 0.6) is 0 Å². The first kappa shape index (κ1) is 15.7.